The van der Waals surface area contributed by atoms with Crippen LogP contribution < -0.4 is 21.3 Å². The van der Waals surface area contributed by atoms with Gasteiger partial charge in [0.05, 0.1) is 24.3 Å². The first-order valence-corrected chi connectivity index (χ1v) is 9.78. The summed E-state index contributed by atoms with van der Waals surface area (Å²) in [5, 5.41) is 14.4. The molecule has 9 nitrogen and oxygen atoms in total. The number of carbonyl (C=O) groups excluding carboxylic acids is 1. The maximum atomic E-state index is 14.9. The molecule has 1 fully saturated rings. The number of cyclic esters (lactones) is 1. The monoisotopic (exact) mass is 429 g/mol. The lowest BCUT2D eigenvalue weighted by Crippen LogP contribution is -2.42. The predicted octanol–water partition coefficient (Wildman–Crippen LogP) is 1.31. The van der Waals surface area contributed by atoms with Crippen molar-refractivity contribution >= 4 is 40.1 Å². The molecule has 1 aliphatic heterocycles. The molecule has 0 radical (unpaired) electrons. The zero-order valence-electron chi connectivity index (χ0n) is 15.9. The Morgan fingerprint density at radius 3 is 2.93 bits per heavy atom. The average molecular weight is 429 g/mol. The molecule has 1 saturated heterocycles. The van der Waals surface area contributed by atoms with E-state index in [0.717, 1.165) is 0 Å². The molecule has 0 bridgehead atoms. The topological polar surface area (TPSA) is 110 Å². The van der Waals surface area contributed by atoms with Crippen LogP contribution in [0.5, 0.6) is 0 Å². The number of carbonyl (C=O) groups is 1. The molecule has 0 spiro atoms. The molecule has 2 heterocycles. The lowest BCUT2D eigenvalue weighted by atomic mass is 10.2. The number of anilines is 1. The summed E-state index contributed by atoms with van der Waals surface area (Å²) >= 11 is 5.12. The summed E-state index contributed by atoms with van der Waals surface area (Å²) in [5.41, 5.74) is 7.41. The molecule has 30 heavy (non-hydrogen) atoms. The molecule has 1 atom stereocenters. The molecular weight excluding hydrogens is 409 g/mol. The van der Waals surface area contributed by atoms with Gasteiger partial charge in [-0.2, -0.15) is 0 Å². The lowest BCUT2D eigenvalue weighted by molar-refractivity contribution is 0.143. The zero-order valence-corrected chi connectivity index (χ0v) is 16.7. The first-order chi connectivity index (χ1) is 14.6. The molecule has 4 rings (SSSR count). The number of halogens is 1. The molecule has 1 aliphatic rings. The molecule has 1 aromatic heterocycles. The Hall–Kier alpha value is -3.31. The smallest absolute Gasteiger partial charge is 0.414 e. The number of ether oxygens (including phenoxy) is 1. The van der Waals surface area contributed by atoms with Gasteiger partial charge < -0.3 is 21.1 Å². The summed E-state index contributed by atoms with van der Waals surface area (Å²) in [6.07, 6.45) is -0.960. The van der Waals surface area contributed by atoms with Crippen LogP contribution in [0.15, 0.2) is 42.5 Å². The minimum Gasteiger partial charge on any atom is -0.442 e. The molecule has 4 N–H and O–H groups in total. The highest BCUT2D eigenvalue weighted by molar-refractivity contribution is 7.80. The molecule has 0 aliphatic carbocycles. The molecule has 2 aromatic carbocycles. The van der Waals surface area contributed by atoms with Crippen molar-refractivity contribution in [2.75, 3.05) is 31.1 Å². The summed E-state index contributed by atoms with van der Waals surface area (Å²) < 4.78 is 21.7. The second-order valence-electron chi connectivity index (χ2n) is 6.67. The van der Waals surface area contributed by atoms with E-state index in [2.05, 4.69) is 20.9 Å². The van der Waals surface area contributed by atoms with Gasteiger partial charge in [-0.05, 0) is 42.5 Å². The van der Waals surface area contributed by atoms with E-state index in [1.165, 1.54) is 15.6 Å². The van der Waals surface area contributed by atoms with Crippen molar-refractivity contribution in [3.8, 4) is 5.69 Å². The van der Waals surface area contributed by atoms with Gasteiger partial charge in [0.15, 0.2) is 10.9 Å². The summed E-state index contributed by atoms with van der Waals surface area (Å²) in [6.45, 7) is 1.62. The van der Waals surface area contributed by atoms with Gasteiger partial charge in [-0.3, -0.25) is 4.90 Å². The van der Waals surface area contributed by atoms with E-state index in [1.54, 1.807) is 18.2 Å². The molecule has 1 amide bonds. The van der Waals surface area contributed by atoms with Crippen molar-refractivity contribution in [2.45, 2.75) is 6.10 Å². The van der Waals surface area contributed by atoms with Gasteiger partial charge in [0.2, 0.25) is 0 Å². The van der Waals surface area contributed by atoms with E-state index in [0.29, 0.717) is 41.5 Å². The molecule has 156 valence electrons. The van der Waals surface area contributed by atoms with Crippen LogP contribution in [0.3, 0.4) is 0 Å². The number of benzene rings is 2. The quantitative estimate of drug-likeness (QED) is 0.503. The van der Waals surface area contributed by atoms with Crippen LogP contribution in [-0.2, 0) is 4.74 Å². The van der Waals surface area contributed by atoms with E-state index in [9.17, 15) is 9.18 Å². The van der Waals surface area contributed by atoms with Crippen molar-refractivity contribution in [3.63, 3.8) is 0 Å². The number of hydrogen-bond acceptors (Lipinski definition) is 6. The third kappa shape index (κ3) is 4.02. The number of fused-ring (bicyclic) bond motifs is 1. The number of para-hydroxylation sites is 1. The first-order valence-electron chi connectivity index (χ1n) is 9.37. The highest BCUT2D eigenvalue weighted by atomic mass is 32.1. The second kappa shape index (κ2) is 8.59. The zero-order chi connectivity index (χ0) is 21.1. The lowest BCUT2D eigenvalue weighted by Gasteiger charge is -2.15. The van der Waals surface area contributed by atoms with Crippen LogP contribution >= 0.6 is 12.2 Å². The van der Waals surface area contributed by atoms with Crippen LogP contribution in [0.4, 0.5) is 14.9 Å². The van der Waals surface area contributed by atoms with Gasteiger partial charge >= 0.3 is 6.09 Å². The maximum absolute atomic E-state index is 14.9. The van der Waals surface area contributed by atoms with E-state index in [-0.39, 0.29) is 12.2 Å². The molecule has 0 saturated carbocycles. The number of thiocarbonyl (C=S) groups is 1. The van der Waals surface area contributed by atoms with Crippen molar-refractivity contribution in [2.24, 2.45) is 5.73 Å². The van der Waals surface area contributed by atoms with Crippen LogP contribution in [0.25, 0.3) is 16.7 Å². The minimum absolute atomic E-state index is 0.245. The third-order valence-electron chi connectivity index (χ3n) is 4.62. The van der Waals surface area contributed by atoms with Crippen molar-refractivity contribution in [1.29, 1.82) is 0 Å². The Morgan fingerprint density at radius 2 is 2.13 bits per heavy atom. The highest BCUT2D eigenvalue weighted by Gasteiger charge is 2.32. The van der Waals surface area contributed by atoms with Crippen LogP contribution in [0.2, 0.25) is 0 Å². The van der Waals surface area contributed by atoms with Gasteiger partial charge in [0.25, 0.3) is 0 Å². The number of amides is 1. The molecular formula is C19H20FN7O2S. The van der Waals surface area contributed by atoms with E-state index < -0.39 is 18.0 Å². The van der Waals surface area contributed by atoms with Gasteiger partial charge in [-0.1, -0.05) is 17.3 Å². The maximum Gasteiger partial charge on any atom is 0.414 e. The molecule has 3 aromatic rings. The van der Waals surface area contributed by atoms with Gasteiger partial charge in [-0.25, -0.2) is 13.9 Å². The fourth-order valence-corrected chi connectivity index (χ4v) is 3.36. The predicted molar refractivity (Wildman–Crippen MR) is 114 cm³/mol. The molecule has 0 unspecified atom stereocenters. The summed E-state index contributed by atoms with van der Waals surface area (Å²) in [7, 11) is 0. The van der Waals surface area contributed by atoms with E-state index in [1.807, 2.05) is 18.2 Å². The third-order valence-corrected chi connectivity index (χ3v) is 4.91. The van der Waals surface area contributed by atoms with E-state index >= 15 is 0 Å². The van der Waals surface area contributed by atoms with Crippen molar-refractivity contribution < 1.29 is 13.9 Å². The normalized spacial score (nSPS) is 16.0. The van der Waals surface area contributed by atoms with E-state index in [4.69, 9.17) is 22.7 Å². The van der Waals surface area contributed by atoms with Crippen LogP contribution in [0.1, 0.15) is 0 Å². The average Bonchev–Trinajstić information content (AvgIpc) is 3.34. The second-order valence-corrected chi connectivity index (χ2v) is 7.08. The summed E-state index contributed by atoms with van der Waals surface area (Å²) in [4.78, 5) is 13.6. The Labute approximate surface area is 177 Å². The number of hydrogen-bond donors (Lipinski definition) is 3. The fraction of sp³-hybridized carbons (Fsp3) is 0.263. The number of nitrogens with two attached hydrogens (primary N) is 1. The SMILES string of the molecule is NCCNC(=S)NC[C@H]1CN(c2ccc(-n3nnc4ccccc43)c(F)c2)C(=O)O1. The Morgan fingerprint density at radius 1 is 1.30 bits per heavy atom. The molecule has 11 heteroatoms. The van der Waals surface area contributed by atoms with Gasteiger partial charge in [0.1, 0.15) is 17.3 Å². The largest absolute Gasteiger partial charge is 0.442 e. The number of nitrogens with zero attached hydrogens (tertiary/aromatic N) is 4. The summed E-state index contributed by atoms with van der Waals surface area (Å²) in [5.74, 6) is -0.523. The minimum atomic E-state index is -0.541. The number of rotatable bonds is 6. The van der Waals surface area contributed by atoms with Gasteiger partial charge in [-0.15, -0.1) is 5.10 Å². The van der Waals surface area contributed by atoms with Crippen molar-refractivity contribution in [1.82, 2.24) is 25.6 Å². The summed E-state index contributed by atoms with van der Waals surface area (Å²) in [6, 6.07) is 11.8. The standard InChI is InChI=1S/C19H20FN7O2S/c20-14-9-12(5-6-16(14)27-17-4-2-1-3-15(17)24-25-27)26-11-13(29-19(26)28)10-23-18(30)22-8-7-21/h1-6,9,13H,7-8,10-11,21H2,(H2,22,23,30)/t13-/m0/s1. The highest BCUT2D eigenvalue weighted by Crippen LogP contribution is 2.26. The Bertz CT molecular complexity index is 1090. The van der Waals surface area contributed by atoms with Crippen molar-refractivity contribution in [3.05, 3.63) is 48.3 Å². The Kier molecular flexibility index (Phi) is 5.72. The number of nitrogens with one attached hydrogen (secondary N) is 2. The van der Waals surface area contributed by atoms with Gasteiger partial charge in [0, 0.05) is 13.1 Å². The fourth-order valence-electron chi connectivity index (χ4n) is 3.18. The number of aromatic nitrogens is 3. The Balaban J connectivity index is 1.46. The first kappa shape index (κ1) is 20.0. The van der Waals surface area contributed by atoms with Crippen LogP contribution in [-0.4, -0.2) is 58.5 Å². The van der Waals surface area contributed by atoms with Crippen LogP contribution in [0, 0.1) is 5.82 Å².